The van der Waals surface area contributed by atoms with Crippen molar-refractivity contribution in [2.24, 2.45) is 15.8 Å². The molecule has 1 heterocycles. The van der Waals surface area contributed by atoms with Gasteiger partial charge in [-0.1, -0.05) is 27.7 Å². The molecule has 0 amide bonds. The van der Waals surface area contributed by atoms with Crippen molar-refractivity contribution in [2.45, 2.75) is 53.5 Å². The van der Waals surface area contributed by atoms with Crippen LogP contribution in [-0.4, -0.2) is 57.0 Å². The maximum absolute atomic E-state index is 11.3. The van der Waals surface area contributed by atoms with E-state index in [9.17, 15) is 8.42 Å². The highest BCUT2D eigenvalue weighted by atomic mass is 32.2. The van der Waals surface area contributed by atoms with Crippen LogP contribution >= 0.6 is 0 Å². The Bertz CT molecular complexity index is 534. The molecule has 0 atom stereocenters. The summed E-state index contributed by atoms with van der Waals surface area (Å²) in [5.74, 6) is 1.12. The number of nitrogens with zero attached hydrogens (tertiary/aromatic N) is 2. The van der Waals surface area contributed by atoms with Crippen molar-refractivity contribution in [3.05, 3.63) is 0 Å². The van der Waals surface area contributed by atoms with Crippen LogP contribution in [0.4, 0.5) is 0 Å². The molecule has 1 rings (SSSR count). The molecule has 0 radical (unpaired) electrons. The summed E-state index contributed by atoms with van der Waals surface area (Å²) in [6.45, 7) is 14.9. The Morgan fingerprint density at radius 2 is 1.82 bits per heavy atom. The smallest absolute Gasteiger partial charge is 0.194 e. The summed E-state index contributed by atoms with van der Waals surface area (Å²) >= 11 is 0. The molecule has 1 saturated heterocycles. The average Bonchev–Trinajstić information content (AvgIpc) is 2.35. The van der Waals surface area contributed by atoms with E-state index < -0.39 is 9.84 Å². The first kappa shape index (κ1) is 19.3. The topological polar surface area (TPSA) is 61.8 Å². The van der Waals surface area contributed by atoms with Gasteiger partial charge in [-0.3, -0.25) is 4.99 Å². The van der Waals surface area contributed by atoms with Gasteiger partial charge in [0.15, 0.2) is 5.96 Å². The van der Waals surface area contributed by atoms with E-state index >= 15 is 0 Å². The highest BCUT2D eigenvalue weighted by molar-refractivity contribution is 7.90. The van der Waals surface area contributed by atoms with Gasteiger partial charge in [0, 0.05) is 37.3 Å². The Morgan fingerprint density at radius 3 is 2.18 bits per heavy atom. The number of rotatable bonds is 5. The van der Waals surface area contributed by atoms with Crippen molar-refractivity contribution in [3.63, 3.8) is 0 Å². The van der Waals surface area contributed by atoms with Gasteiger partial charge in [-0.2, -0.15) is 0 Å². The summed E-state index contributed by atoms with van der Waals surface area (Å²) < 4.78 is 22.7. The van der Waals surface area contributed by atoms with Gasteiger partial charge in [0.25, 0.3) is 0 Å². The minimum atomic E-state index is -2.91. The molecule has 0 saturated carbocycles. The molecule has 0 aromatic heterocycles. The molecule has 0 aromatic rings. The second kappa shape index (κ2) is 6.02. The molecule has 0 aromatic carbocycles. The zero-order valence-corrected chi connectivity index (χ0v) is 16.3. The Balaban J connectivity index is 2.62. The van der Waals surface area contributed by atoms with E-state index in [1.165, 1.54) is 6.26 Å². The fraction of sp³-hybridized carbons (Fsp3) is 0.938. The van der Waals surface area contributed by atoms with Crippen molar-refractivity contribution >= 4 is 15.8 Å². The zero-order chi connectivity index (χ0) is 17.4. The Hall–Kier alpha value is -0.780. The number of nitrogens with one attached hydrogen (secondary N) is 1. The second-order valence-corrected chi connectivity index (χ2v) is 10.7. The summed E-state index contributed by atoms with van der Waals surface area (Å²) in [4.78, 5) is 6.69. The van der Waals surface area contributed by atoms with E-state index in [0.29, 0.717) is 13.0 Å². The number of likely N-dealkylation sites (tertiary alicyclic amines) is 1. The second-order valence-electron chi connectivity index (χ2n) is 8.47. The van der Waals surface area contributed by atoms with Crippen LogP contribution in [0.25, 0.3) is 0 Å². The number of aliphatic imine (C=N–C) groups is 1. The van der Waals surface area contributed by atoms with Gasteiger partial charge in [0.05, 0.1) is 5.75 Å². The minimum absolute atomic E-state index is 0.0613. The van der Waals surface area contributed by atoms with Crippen LogP contribution < -0.4 is 5.32 Å². The van der Waals surface area contributed by atoms with Crippen LogP contribution in [0.5, 0.6) is 0 Å². The number of guanidine groups is 1. The Morgan fingerprint density at radius 1 is 1.27 bits per heavy atom. The quantitative estimate of drug-likeness (QED) is 0.619. The lowest BCUT2D eigenvalue weighted by Crippen LogP contribution is -2.72. The molecule has 22 heavy (non-hydrogen) atoms. The first-order valence-electron chi connectivity index (χ1n) is 7.88. The molecule has 0 bridgehead atoms. The van der Waals surface area contributed by atoms with Crippen molar-refractivity contribution in [2.75, 3.05) is 32.1 Å². The molecule has 6 heteroatoms. The predicted octanol–water partition coefficient (Wildman–Crippen LogP) is 2.14. The molecular formula is C16H33N3O2S. The largest absolute Gasteiger partial charge is 0.356 e. The molecule has 1 aliphatic rings. The van der Waals surface area contributed by atoms with Crippen LogP contribution in [0.2, 0.25) is 0 Å². The normalized spacial score (nSPS) is 21.5. The predicted molar refractivity (Wildman–Crippen MR) is 94.0 cm³/mol. The van der Waals surface area contributed by atoms with Crippen LogP contribution in [0, 0.1) is 10.8 Å². The summed E-state index contributed by atoms with van der Waals surface area (Å²) in [6, 6.07) is 0. The highest BCUT2D eigenvalue weighted by Gasteiger charge is 2.53. The lowest BCUT2D eigenvalue weighted by molar-refractivity contribution is -0.0669. The molecule has 0 spiro atoms. The lowest BCUT2D eigenvalue weighted by Gasteiger charge is -2.62. The molecule has 5 nitrogen and oxygen atoms in total. The van der Waals surface area contributed by atoms with Crippen LogP contribution in [0.15, 0.2) is 4.99 Å². The summed E-state index contributed by atoms with van der Waals surface area (Å²) in [6.07, 6.45) is 1.94. The van der Waals surface area contributed by atoms with E-state index in [1.54, 1.807) is 7.05 Å². The van der Waals surface area contributed by atoms with E-state index in [0.717, 1.165) is 12.5 Å². The third-order valence-corrected chi connectivity index (χ3v) is 6.17. The van der Waals surface area contributed by atoms with Gasteiger partial charge in [-0.15, -0.1) is 0 Å². The van der Waals surface area contributed by atoms with Crippen molar-refractivity contribution < 1.29 is 8.42 Å². The van der Waals surface area contributed by atoms with Crippen LogP contribution in [-0.2, 0) is 9.84 Å². The molecule has 1 aliphatic heterocycles. The van der Waals surface area contributed by atoms with Crippen LogP contribution in [0.3, 0.4) is 0 Å². The maximum Gasteiger partial charge on any atom is 0.194 e. The fourth-order valence-corrected chi connectivity index (χ4v) is 3.49. The SMILES string of the molecule is CN=C(NCC(C)(C)CCS(C)(=O)=O)N1CC(C)(C)C1(C)C. The molecule has 0 unspecified atom stereocenters. The monoisotopic (exact) mass is 331 g/mol. The fourth-order valence-electron chi connectivity index (χ4n) is 2.56. The van der Waals surface area contributed by atoms with E-state index in [-0.39, 0.29) is 22.1 Å². The molecule has 1 fully saturated rings. The van der Waals surface area contributed by atoms with Crippen molar-refractivity contribution in [1.29, 1.82) is 0 Å². The Kier molecular flexibility index (Phi) is 5.27. The summed E-state index contributed by atoms with van der Waals surface area (Å²) in [7, 11) is -1.11. The number of hydrogen-bond donors (Lipinski definition) is 1. The summed E-state index contributed by atoms with van der Waals surface area (Å²) in [5.41, 5.74) is 0.228. The average molecular weight is 332 g/mol. The van der Waals surface area contributed by atoms with E-state index in [1.807, 2.05) is 0 Å². The van der Waals surface area contributed by atoms with Crippen molar-refractivity contribution in [1.82, 2.24) is 10.2 Å². The third kappa shape index (κ3) is 4.37. The third-order valence-electron chi connectivity index (χ3n) is 5.23. The number of hydrogen-bond acceptors (Lipinski definition) is 3. The molecular weight excluding hydrogens is 298 g/mol. The van der Waals surface area contributed by atoms with Gasteiger partial charge in [0.1, 0.15) is 9.84 Å². The highest BCUT2D eigenvalue weighted by Crippen LogP contribution is 2.46. The molecule has 1 N–H and O–H groups in total. The molecule has 130 valence electrons. The first-order valence-corrected chi connectivity index (χ1v) is 9.94. The number of sulfone groups is 1. The van der Waals surface area contributed by atoms with Crippen molar-refractivity contribution in [3.8, 4) is 0 Å². The molecule has 0 aliphatic carbocycles. The van der Waals surface area contributed by atoms with Gasteiger partial charge in [0.2, 0.25) is 0 Å². The van der Waals surface area contributed by atoms with Gasteiger partial charge in [-0.05, 0) is 25.7 Å². The summed E-state index contributed by atoms with van der Waals surface area (Å²) in [5, 5.41) is 3.42. The standard InChI is InChI=1S/C16H33N3O2S/c1-14(2,9-10-22(8,20)21)11-18-13(17-7)19-12-15(3,4)16(19,5)6/h9-12H2,1-8H3,(H,17,18). The van der Waals surface area contributed by atoms with E-state index in [4.69, 9.17) is 0 Å². The van der Waals surface area contributed by atoms with Gasteiger partial charge >= 0.3 is 0 Å². The van der Waals surface area contributed by atoms with Gasteiger partial charge < -0.3 is 10.2 Å². The minimum Gasteiger partial charge on any atom is -0.356 e. The maximum atomic E-state index is 11.3. The lowest BCUT2D eigenvalue weighted by atomic mass is 9.65. The first-order chi connectivity index (χ1) is 9.72. The van der Waals surface area contributed by atoms with E-state index in [2.05, 4.69) is 56.8 Å². The van der Waals surface area contributed by atoms with Crippen LogP contribution in [0.1, 0.15) is 48.0 Å². The van der Waals surface area contributed by atoms with Gasteiger partial charge in [-0.25, -0.2) is 8.42 Å². The Labute approximate surface area is 136 Å². The zero-order valence-electron chi connectivity index (χ0n) is 15.4.